The smallest absolute Gasteiger partial charge is 0.0625 e. The first-order chi connectivity index (χ1) is 4.34. The van der Waals surface area contributed by atoms with Crippen molar-refractivity contribution in [3.05, 3.63) is 35.5 Å². The van der Waals surface area contributed by atoms with E-state index in [9.17, 15) is 0 Å². The fourth-order valence-corrected chi connectivity index (χ4v) is 0.622. The van der Waals surface area contributed by atoms with Crippen LogP contribution in [-0.2, 0) is 0 Å². The molecule has 0 bridgehead atoms. The van der Waals surface area contributed by atoms with Crippen LogP contribution < -0.4 is 0 Å². The number of nitrogens with zero attached hydrogens (tertiary/aromatic N) is 1. The molecule has 1 rings (SSSR count). The van der Waals surface area contributed by atoms with Crippen molar-refractivity contribution in [3.8, 4) is 5.92 Å². The first-order valence-corrected chi connectivity index (χ1v) is 2.74. The van der Waals surface area contributed by atoms with Crippen LogP contribution in [0.2, 0.25) is 5.02 Å². The van der Waals surface area contributed by atoms with Crippen molar-refractivity contribution in [2.24, 2.45) is 0 Å². The van der Waals surface area contributed by atoms with Crippen molar-refractivity contribution in [2.45, 2.75) is 0 Å². The van der Waals surface area contributed by atoms with E-state index in [0.717, 1.165) is 0 Å². The first kappa shape index (κ1) is 6.12. The maximum atomic E-state index is 6.71. The molecule has 0 aliphatic rings. The molecule has 0 amide bonds. The molecule has 0 N–H and O–H groups in total. The monoisotopic (exact) mass is 136 g/mol. The highest BCUT2D eigenvalue weighted by Crippen LogP contribution is 2.10. The second kappa shape index (κ2) is 2.52. The van der Waals surface area contributed by atoms with Gasteiger partial charge in [0.2, 0.25) is 0 Å². The summed E-state index contributed by atoms with van der Waals surface area (Å²) in [7, 11) is 0. The van der Waals surface area contributed by atoms with Crippen molar-refractivity contribution < 1.29 is 0 Å². The van der Waals surface area contributed by atoms with E-state index in [-0.39, 0.29) is 0 Å². The molecule has 0 fully saturated rings. The molecule has 0 saturated heterocycles. The van der Waals surface area contributed by atoms with E-state index in [1.165, 1.54) is 6.20 Å². The molecule has 0 aromatic carbocycles. The summed E-state index contributed by atoms with van der Waals surface area (Å²) in [4.78, 5) is 3.75. The number of rotatable bonds is 0. The summed E-state index contributed by atoms with van der Waals surface area (Å²) in [6.07, 6.45) is 9.78. The Kier molecular flexibility index (Phi) is 1.72. The Balaban J connectivity index is 3.20. The summed E-state index contributed by atoms with van der Waals surface area (Å²) in [5.41, 5.74) is 0.527. The van der Waals surface area contributed by atoms with E-state index in [0.29, 0.717) is 10.6 Å². The van der Waals surface area contributed by atoms with Crippen LogP contribution in [-0.4, -0.2) is 4.98 Å². The fourth-order valence-electron chi connectivity index (χ4n) is 0.469. The van der Waals surface area contributed by atoms with Crippen LogP contribution in [0.4, 0.5) is 0 Å². The van der Waals surface area contributed by atoms with Gasteiger partial charge >= 0.3 is 0 Å². The molecule has 1 aromatic rings. The molecule has 1 aromatic heterocycles. The molecule has 0 unspecified atom stereocenters. The van der Waals surface area contributed by atoms with Crippen LogP contribution in [0.5, 0.6) is 0 Å². The van der Waals surface area contributed by atoms with Crippen LogP contribution in [0, 0.1) is 12.3 Å². The molecule has 0 aliphatic carbocycles. The number of aromatic nitrogens is 1. The van der Waals surface area contributed by atoms with Gasteiger partial charge in [-0.3, -0.25) is 4.98 Å². The molecule has 43 valence electrons. The maximum Gasteiger partial charge on any atom is 0.0625 e. The SMILES string of the molecule is [C]#Cc1cnccc1Cl. The van der Waals surface area contributed by atoms with Crippen molar-refractivity contribution in [1.82, 2.24) is 4.98 Å². The second-order valence-corrected chi connectivity index (χ2v) is 1.89. The van der Waals surface area contributed by atoms with Crippen molar-refractivity contribution >= 4 is 11.6 Å². The summed E-state index contributed by atoms with van der Waals surface area (Å²) < 4.78 is 0. The lowest BCUT2D eigenvalue weighted by Crippen LogP contribution is -1.76. The lowest BCUT2D eigenvalue weighted by molar-refractivity contribution is 1.31. The van der Waals surface area contributed by atoms with Gasteiger partial charge in [-0.25, -0.2) is 0 Å². The molecular weight excluding hydrogens is 134 g/mol. The summed E-state index contributed by atoms with van der Waals surface area (Å²) in [5, 5.41) is 0.514. The number of hydrogen-bond donors (Lipinski definition) is 0. The Labute approximate surface area is 58.7 Å². The van der Waals surface area contributed by atoms with Gasteiger partial charge in [-0.1, -0.05) is 11.6 Å². The number of hydrogen-bond acceptors (Lipinski definition) is 1. The van der Waals surface area contributed by atoms with E-state index in [4.69, 9.17) is 18.0 Å². The summed E-state index contributed by atoms with van der Waals surface area (Å²) in [5.74, 6) is 2.15. The van der Waals surface area contributed by atoms with Gasteiger partial charge in [0.25, 0.3) is 0 Å². The van der Waals surface area contributed by atoms with Crippen molar-refractivity contribution in [1.29, 1.82) is 0 Å². The van der Waals surface area contributed by atoms with E-state index in [2.05, 4.69) is 10.9 Å². The zero-order valence-electron chi connectivity index (χ0n) is 4.56. The third kappa shape index (κ3) is 1.22. The second-order valence-electron chi connectivity index (χ2n) is 1.48. The predicted molar refractivity (Wildman–Crippen MR) is 35.5 cm³/mol. The zero-order chi connectivity index (χ0) is 6.69. The molecular formula is C7H3ClN. The molecule has 9 heavy (non-hydrogen) atoms. The third-order valence-corrected chi connectivity index (χ3v) is 1.23. The summed E-state index contributed by atoms with van der Waals surface area (Å²) >= 11 is 5.60. The highest BCUT2D eigenvalue weighted by molar-refractivity contribution is 6.31. The highest BCUT2D eigenvalue weighted by atomic mass is 35.5. The Morgan fingerprint density at radius 2 is 2.44 bits per heavy atom. The van der Waals surface area contributed by atoms with E-state index in [1.54, 1.807) is 12.3 Å². The van der Waals surface area contributed by atoms with Gasteiger partial charge in [0.1, 0.15) is 0 Å². The molecule has 0 aliphatic heterocycles. The molecule has 2 heteroatoms. The minimum atomic E-state index is 0.514. The predicted octanol–water partition coefficient (Wildman–Crippen LogP) is 1.67. The lowest BCUT2D eigenvalue weighted by Gasteiger charge is -1.89. The van der Waals surface area contributed by atoms with Crippen LogP contribution in [0.25, 0.3) is 0 Å². The Morgan fingerprint density at radius 1 is 1.67 bits per heavy atom. The molecule has 1 radical (unpaired) electrons. The summed E-state index contributed by atoms with van der Waals surface area (Å²) in [6, 6.07) is 1.62. The van der Waals surface area contributed by atoms with Crippen LogP contribution in [0.15, 0.2) is 18.5 Å². The third-order valence-electron chi connectivity index (χ3n) is 0.903. The van der Waals surface area contributed by atoms with Gasteiger partial charge in [-0.05, 0) is 18.4 Å². The van der Waals surface area contributed by atoms with Gasteiger partial charge in [-0.15, -0.1) is 0 Å². The van der Waals surface area contributed by atoms with Crippen LogP contribution in [0.1, 0.15) is 5.56 Å². The molecule has 0 saturated carbocycles. The summed E-state index contributed by atoms with van der Waals surface area (Å²) in [6.45, 7) is 0. The van der Waals surface area contributed by atoms with E-state index >= 15 is 0 Å². The zero-order valence-corrected chi connectivity index (χ0v) is 5.31. The van der Waals surface area contributed by atoms with Crippen LogP contribution in [0.3, 0.4) is 0 Å². The fraction of sp³-hybridized carbons (Fsp3) is 0. The first-order valence-electron chi connectivity index (χ1n) is 2.37. The largest absolute Gasteiger partial charge is 0.263 e. The number of halogens is 1. The van der Waals surface area contributed by atoms with Crippen molar-refractivity contribution in [2.75, 3.05) is 0 Å². The Hall–Kier alpha value is -1.00. The number of pyridine rings is 1. The average Bonchev–Trinajstić information content (AvgIpc) is 1.89. The normalized spacial score (nSPS) is 8.44. The van der Waals surface area contributed by atoms with Gasteiger partial charge in [0.05, 0.1) is 10.6 Å². The minimum absolute atomic E-state index is 0.514. The quantitative estimate of drug-likeness (QED) is 0.495. The lowest BCUT2D eigenvalue weighted by atomic mass is 10.3. The Morgan fingerprint density at radius 3 is 2.89 bits per heavy atom. The van der Waals surface area contributed by atoms with Gasteiger partial charge in [-0.2, -0.15) is 0 Å². The highest BCUT2D eigenvalue weighted by Gasteiger charge is 1.91. The van der Waals surface area contributed by atoms with Crippen molar-refractivity contribution in [3.63, 3.8) is 0 Å². The topological polar surface area (TPSA) is 12.9 Å². The standard InChI is InChI=1S/C7H3ClN/c1-2-6-5-9-4-3-7(6)8/h3-5H. The maximum absolute atomic E-state index is 6.71. The molecule has 1 nitrogen and oxygen atoms in total. The molecule has 0 atom stereocenters. The molecule has 1 heterocycles. The minimum Gasteiger partial charge on any atom is -0.263 e. The Bertz CT molecular complexity index is 249. The average molecular weight is 137 g/mol. The van der Waals surface area contributed by atoms with Gasteiger partial charge < -0.3 is 0 Å². The van der Waals surface area contributed by atoms with Gasteiger partial charge in [0.15, 0.2) is 0 Å². The van der Waals surface area contributed by atoms with Crippen LogP contribution >= 0.6 is 11.6 Å². The molecule has 0 spiro atoms. The van der Waals surface area contributed by atoms with E-state index in [1.807, 2.05) is 0 Å². The van der Waals surface area contributed by atoms with Gasteiger partial charge in [0, 0.05) is 12.4 Å². The van der Waals surface area contributed by atoms with E-state index < -0.39 is 0 Å².